The molecule has 0 saturated heterocycles. The van der Waals surface area contributed by atoms with Crippen LogP contribution in [0, 0.1) is 11.6 Å². The van der Waals surface area contributed by atoms with E-state index in [-0.39, 0.29) is 5.75 Å². The van der Waals surface area contributed by atoms with Crippen molar-refractivity contribution in [2.45, 2.75) is 13.3 Å². The van der Waals surface area contributed by atoms with Crippen LogP contribution in [0.5, 0.6) is 11.5 Å². The van der Waals surface area contributed by atoms with Crippen molar-refractivity contribution in [3.05, 3.63) is 58.6 Å². The zero-order valence-electron chi connectivity index (χ0n) is 9.71. The molecular weight excluding hydrogens is 258 g/mol. The summed E-state index contributed by atoms with van der Waals surface area (Å²) in [5.74, 6) is -1.85. The van der Waals surface area contributed by atoms with E-state index in [0.717, 1.165) is 18.1 Å². The molecular formula is C14H11ClF2O. The van der Waals surface area contributed by atoms with Crippen LogP contribution in [0.1, 0.15) is 12.5 Å². The van der Waals surface area contributed by atoms with Crippen LogP contribution in [0.15, 0.2) is 36.4 Å². The standard InChI is InChI=1S/C14H11ClF2O/c1-2-9-6-7-12(10(15)8-9)18-13-5-3-4-11(16)14(13)17/h3-8H,2H2,1H3. The molecule has 2 aromatic rings. The Morgan fingerprint density at radius 3 is 2.56 bits per heavy atom. The third kappa shape index (κ3) is 2.62. The highest BCUT2D eigenvalue weighted by Gasteiger charge is 2.11. The van der Waals surface area contributed by atoms with E-state index in [9.17, 15) is 8.78 Å². The Kier molecular flexibility index (Phi) is 3.82. The monoisotopic (exact) mass is 268 g/mol. The highest BCUT2D eigenvalue weighted by Crippen LogP contribution is 2.32. The van der Waals surface area contributed by atoms with Crippen LogP contribution < -0.4 is 4.74 Å². The van der Waals surface area contributed by atoms with E-state index >= 15 is 0 Å². The molecule has 0 saturated carbocycles. The Morgan fingerprint density at radius 2 is 1.89 bits per heavy atom. The Labute approximate surface area is 109 Å². The maximum atomic E-state index is 13.4. The summed E-state index contributed by atoms with van der Waals surface area (Å²) in [7, 11) is 0. The van der Waals surface area contributed by atoms with E-state index in [1.165, 1.54) is 12.1 Å². The molecule has 2 rings (SSSR count). The number of ether oxygens (including phenoxy) is 1. The Bertz CT molecular complexity index is 570. The molecule has 0 aliphatic carbocycles. The van der Waals surface area contributed by atoms with Gasteiger partial charge in [0.15, 0.2) is 11.6 Å². The number of aryl methyl sites for hydroxylation is 1. The lowest BCUT2D eigenvalue weighted by atomic mass is 10.2. The largest absolute Gasteiger partial charge is 0.453 e. The van der Waals surface area contributed by atoms with Crippen molar-refractivity contribution < 1.29 is 13.5 Å². The molecule has 0 bridgehead atoms. The molecule has 0 spiro atoms. The SMILES string of the molecule is CCc1ccc(Oc2cccc(F)c2F)c(Cl)c1. The van der Waals surface area contributed by atoms with E-state index in [2.05, 4.69) is 0 Å². The molecule has 2 aromatic carbocycles. The Balaban J connectivity index is 2.31. The second-order valence-corrected chi connectivity index (χ2v) is 4.18. The third-order valence-electron chi connectivity index (χ3n) is 2.54. The number of rotatable bonds is 3. The van der Waals surface area contributed by atoms with Gasteiger partial charge in [0.2, 0.25) is 5.82 Å². The second-order valence-electron chi connectivity index (χ2n) is 3.77. The van der Waals surface area contributed by atoms with Crippen LogP contribution in [-0.2, 0) is 6.42 Å². The summed E-state index contributed by atoms with van der Waals surface area (Å²) in [6, 6.07) is 8.98. The van der Waals surface area contributed by atoms with Gasteiger partial charge in [0, 0.05) is 0 Å². The molecule has 94 valence electrons. The molecule has 4 heteroatoms. The first-order valence-electron chi connectivity index (χ1n) is 5.52. The van der Waals surface area contributed by atoms with Crippen molar-refractivity contribution in [1.29, 1.82) is 0 Å². The normalized spacial score (nSPS) is 10.4. The van der Waals surface area contributed by atoms with Crippen molar-refractivity contribution >= 4 is 11.6 Å². The van der Waals surface area contributed by atoms with Gasteiger partial charge in [0.1, 0.15) is 5.75 Å². The smallest absolute Gasteiger partial charge is 0.201 e. The maximum Gasteiger partial charge on any atom is 0.201 e. The average Bonchev–Trinajstić information content (AvgIpc) is 2.37. The highest BCUT2D eigenvalue weighted by molar-refractivity contribution is 6.32. The molecule has 0 unspecified atom stereocenters. The fourth-order valence-corrected chi connectivity index (χ4v) is 1.77. The first-order chi connectivity index (χ1) is 8.61. The fraction of sp³-hybridized carbons (Fsp3) is 0.143. The van der Waals surface area contributed by atoms with E-state index < -0.39 is 11.6 Å². The molecule has 18 heavy (non-hydrogen) atoms. The van der Waals surface area contributed by atoms with Crippen molar-refractivity contribution in [3.8, 4) is 11.5 Å². The summed E-state index contributed by atoms with van der Waals surface area (Å²) in [6.07, 6.45) is 0.842. The molecule has 0 amide bonds. The van der Waals surface area contributed by atoms with E-state index in [4.69, 9.17) is 16.3 Å². The summed E-state index contributed by atoms with van der Waals surface area (Å²) in [5, 5.41) is 0.373. The van der Waals surface area contributed by atoms with Crippen molar-refractivity contribution in [1.82, 2.24) is 0 Å². The summed E-state index contributed by atoms with van der Waals surface area (Å²) < 4.78 is 31.7. The van der Waals surface area contributed by atoms with Gasteiger partial charge in [-0.1, -0.05) is 30.7 Å². The van der Waals surface area contributed by atoms with Gasteiger partial charge in [-0.2, -0.15) is 4.39 Å². The number of benzene rings is 2. The number of hydrogen-bond donors (Lipinski definition) is 0. The first-order valence-corrected chi connectivity index (χ1v) is 5.90. The van der Waals surface area contributed by atoms with Crippen LogP contribution >= 0.6 is 11.6 Å². The molecule has 0 radical (unpaired) electrons. The Morgan fingerprint density at radius 1 is 1.11 bits per heavy atom. The van der Waals surface area contributed by atoms with Gasteiger partial charge in [-0.05, 0) is 36.2 Å². The van der Waals surface area contributed by atoms with Gasteiger partial charge in [-0.25, -0.2) is 4.39 Å². The van der Waals surface area contributed by atoms with Crippen LogP contribution in [0.25, 0.3) is 0 Å². The van der Waals surface area contributed by atoms with E-state index in [1.807, 2.05) is 13.0 Å². The zero-order valence-corrected chi connectivity index (χ0v) is 10.5. The quantitative estimate of drug-likeness (QED) is 0.763. The lowest BCUT2D eigenvalue weighted by Gasteiger charge is -2.09. The minimum atomic E-state index is -1.02. The molecule has 0 atom stereocenters. The maximum absolute atomic E-state index is 13.4. The fourth-order valence-electron chi connectivity index (χ4n) is 1.53. The van der Waals surface area contributed by atoms with Gasteiger partial charge in [0.05, 0.1) is 5.02 Å². The minimum absolute atomic E-state index is 0.179. The Hall–Kier alpha value is -1.61. The second kappa shape index (κ2) is 5.36. The van der Waals surface area contributed by atoms with Gasteiger partial charge < -0.3 is 4.74 Å². The molecule has 0 N–H and O–H groups in total. The average molecular weight is 269 g/mol. The van der Waals surface area contributed by atoms with E-state index in [1.54, 1.807) is 12.1 Å². The number of halogens is 3. The highest BCUT2D eigenvalue weighted by atomic mass is 35.5. The van der Waals surface area contributed by atoms with Crippen LogP contribution in [0.4, 0.5) is 8.78 Å². The zero-order chi connectivity index (χ0) is 13.1. The first kappa shape index (κ1) is 12.8. The predicted molar refractivity (Wildman–Crippen MR) is 67.3 cm³/mol. The topological polar surface area (TPSA) is 9.23 Å². The molecule has 1 nitrogen and oxygen atoms in total. The molecule has 0 heterocycles. The lowest BCUT2D eigenvalue weighted by Crippen LogP contribution is -1.92. The summed E-state index contributed by atoms with van der Waals surface area (Å²) >= 11 is 6.01. The van der Waals surface area contributed by atoms with Crippen molar-refractivity contribution in [2.75, 3.05) is 0 Å². The predicted octanol–water partition coefficient (Wildman–Crippen LogP) is 4.97. The summed E-state index contributed by atoms with van der Waals surface area (Å²) in [4.78, 5) is 0. The van der Waals surface area contributed by atoms with Crippen molar-refractivity contribution in [2.24, 2.45) is 0 Å². The van der Waals surface area contributed by atoms with Gasteiger partial charge in [-0.3, -0.25) is 0 Å². The van der Waals surface area contributed by atoms with Gasteiger partial charge in [-0.15, -0.1) is 0 Å². The summed E-state index contributed by atoms with van der Waals surface area (Å²) in [6.45, 7) is 2.00. The van der Waals surface area contributed by atoms with Crippen LogP contribution in [-0.4, -0.2) is 0 Å². The summed E-state index contributed by atoms with van der Waals surface area (Å²) in [5.41, 5.74) is 1.05. The molecule has 0 aliphatic rings. The van der Waals surface area contributed by atoms with Gasteiger partial charge >= 0.3 is 0 Å². The molecule has 0 fully saturated rings. The van der Waals surface area contributed by atoms with Crippen LogP contribution in [0.2, 0.25) is 5.02 Å². The third-order valence-corrected chi connectivity index (χ3v) is 2.84. The molecule has 0 aliphatic heterocycles. The minimum Gasteiger partial charge on any atom is -0.453 e. The van der Waals surface area contributed by atoms with Crippen molar-refractivity contribution in [3.63, 3.8) is 0 Å². The van der Waals surface area contributed by atoms with Crippen LogP contribution in [0.3, 0.4) is 0 Å². The van der Waals surface area contributed by atoms with Gasteiger partial charge in [0.25, 0.3) is 0 Å². The molecule has 0 aromatic heterocycles. The number of hydrogen-bond acceptors (Lipinski definition) is 1. The van der Waals surface area contributed by atoms with E-state index in [0.29, 0.717) is 10.8 Å². The lowest BCUT2D eigenvalue weighted by molar-refractivity contribution is 0.416.